The Balaban J connectivity index is 1.21. The SMILES string of the molecule is CCOC(=O)c1cnn(C2CCCN(c3cc(Cl)ccc3-c3ccc(N4CCN(C(=O)C5(F)CC5)CC4)cc3)C2)c1C(F)(F)F. The summed E-state index contributed by atoms with van der Waals surface area (Å²) in [6.45, 7) is 4.49. The normalized spacial score (nSPS) is 19.9. The van der Waals surface area contributed by atoms with Crippen LogP contribution >= 0.6 is 11.6 Å². The molecule has 1 atom stereocenters. The number of hydrogen-bond donors (Lipinski definition) is 0. The number of hydrogen-bond acceptors (Lipinski definition) is 6. The van der Waals surface area contributed by atoms with Crippen molar-refractivity contribution in [1.29, 1.82) is 0 Å². The van der Waals surface area contributed by atoms with Crippen LogP contribution in [-0.4, -0.2) is 78.1 Å². The van der Waals surface area contributed by atoms with Crippen LogP contribution in [0.25, 0.3) is 11.1 Å². The summed E-state index contributed by atoms with van der Waals surface area (Å²) in [6, 6.07) is 12.8. The Labute approximate surface area is 263 Å². The molecular formula is C32H34ClF4N5O3. The fourth-order valence-electron chi connectivity index (χ4n) is 6.29. The van der Waals surface area contributed by atoms with Gasteiger partial charge in [0.25, 0.3) is 5.91 Å². The van der Waals surface area contributed by atoms with Gasteiger partial charge in [-0.25, -0.2) is 9.18 Å². The van der Waals surface area contributed by atoms with Gasteiger partial charge in [-0.1, -0.05) is 29.8 Å². The van der Waals surface area contributed by atoms with Gasteiger partial charge < -0.3 is 19.4 Å². The lowest BCUT2D eigenvalue weighted by molar-refractivity contribution is -0.145. The number of piperazine rings is 1. The van der Waals surface area contributed by atoms with Crippen LogP contribution in [0.15, 0.2) is 48.7 Å². The average molecular weight is 648 g/mol. The standard InChI is InChI=1S/C32H34ClF4N5O3/c1-2-45-29(43)26-19-38-42(28(26)32(35,36)37)24-4-3-13-41(20-24)27-18-22(33)7-10-25(27)21-5-8-23(9-6-21)39-14-16-40(17-15-39)30(44)31(34)11-12-31/h5-10,18-19,24H,2-4,11-17,20H2,1H3. The summed E-state index contributed by atoms with van der Waals surface area (Å²) in [6.07, 6.45) is -2.16. The van der Waals surface area contributed by atoms with Gasteiger partial charge in [-0.3, -0.25) is 9.48 Å². The van der Waals surface area contributed by atoms with Crippen molar-refractivity contribution in [1.82, 2.24) is 14.7 Å². The van der Waals surface area contributed by atoms with Gasteiger partial charge in [-0.2, -0.15) is 18.3 Å². The molecule has 1 aromatic heterocycles. The highest BCUT2D eigenvalue weighted by atomic mass is 35.5. The van der Waals surface area contributed by atoms with Crippen molar-refractivity contribution in [3.63, 3.8) is 0 Å². The van der Waals surface area contributed by atoms with Gasteiger partial charge >= 0.3 is 12.1 Å². The van der Waals surface area contributed by atoms with Crippen LogP contribution in [0, 0.1) is 0 Å². The van der Waals surface area contributed by atoms with Crippen molar-refractivity contribution in [3.8, 4) is 11.1 Å². The van der Waals surface area contributed by atoms with Gasteiger partial charge in [0.15, 0.2) is 11.4 Å². The largest absolute Gasteiger partial charge is 0.462 e. The van der Waals surface area contributed by atoms with Crippen molar-refractivity contribution in [2.75, 3.05) is 55.7 Å². The minimum absolute atomic E-state index is 0.0459. The Morgan fingerprint density at radius 3 is 2.38 bits per heavy atom. The van der Waals surface area contributed by atoms with Gasteiger partial charge in [-0.15, -0.1) is 0 Å². The molecule has 2 aromatic carbocycles. The summed E-state index contributed by atoms with van der Waals surface area (Å²) < 4.78 is 62.6. The fourth-order valence-corrected chi connectivity index (χ4v) is 6.46. The van der Waals surface area contributed by atoms with E-state index in [2.05, 4.69) is 10.00 Å². The zero-order valence-corrected chi connectivity index (χ0v) is 25.6. The molecule has 2 saturated heterocycles. The van der Waals surface area contributed by atoms with E-state index in [1.807, 2.05) is 41.3 Å². The third kappa shape index (κ3) is 6.34. The predicted octanol–water partition coefficient (Wildman–Crippen LogP) is 6.39. The number of nitrogens with zero attached hydrogens (tertiary/aromatic N) is 5. The molecule has 3 heterocycles. The first-order valence-electron chi connectivity index (χ1n) is 15.2. The number of rotatable bonds is 7. The maximum Gasteiger partial charge on any atom is 0.433 e. The van der Waals surface area contributed by atoms with Gasteiger partial charge in [0, 0.05) is 61.2 Å². The van der Waals surface area contributed by atoms with Crippen molar-refractivity contribution in [2.24, 2.45) is 0 Å². The topological polar surface area (TPSA) is 70.9 Å². The van der Waals surface area contributed by atoms with E-state index in [9.17, 15) is 27.2 Å². The second-order valence-corrected chi connectivity index (χ2v) is 12.2. The predicted molar refractivity (Wildman–Crippen MR) is 162 cm³/mol. The Bertz CT molecular complexity index is 1570. The summed E-state index contributed by atoms with van der Waals surface area (Å²) >= 11 is 6.42. The number of aromatic nitrogens is 2. The zero-order valence-electron chi connectivity index (χ0n) is 24.8. The van der Waals surface area contributed by atoms with Crippen molar-refractivity contribution in [3.05, 3.63) is 64.9 Å². The van der Waals surface area contributed by atoms with Crippen LogP contribution in [0.4, 0.5) is 28.9 Å². The molecule has 13 heteroatoms. The summed E-state index contributed by atoms with van der Waals surface area (Å²) in [5.74, 6) is -1.44. The maximum absolute atomic E-state index is 14.2. The Hall–Kier alpha value is -3.80. The monoisotopic (exact) mass is 647 g/mol. The van der Waals surface area contributed by atoms with E-state index in [4.69, 9.17) is 16.3 Å². The number of amides is 1. The molecule has 3 fully saturated rings. The first kappa shape index (κ1) is 31.2. The molecule has 8 nitrogen and oxygen atoms in total. The molecule has 1 aliphatic carbocycles. The highest BCUT2D eigenvalue weighted by Gasteiger charge is 2.53. The zero-order chi connectivity index (χ0) is 31.9. The second-order valence-electron chi connectivity index (χ2n) is 11.8. The molecule has 3 aliphatic rings. The van der Waals surface area contributed by atoms with Crippen molar-refractivity contribution in [2.45, 2.75) is 50.5 Å². The highest BCUT2D eigenvalue weighted by Crippen LogP contribution is 2.42. The minimum Gasteiger partial charge on any atom is -0.462 e. The molecule has 6 rings (SSSR count). The van der Waals surface area contributed by atoms with E-state index in [1.165, 1.54) is 6.92 Å². The van der Waals surface area contributed by atoms with E-state index >= 15 is 0 Å². The molecule has 3 aromatic rings. The lowest BCUT2D eigenvalue weighted by Crippen LogP contribution is -2.51. The Kier molecular flexibility index (Phi) is 8.45. The number of carbonyl (C=O) groups excluding carboxylic acids is 2. The van der Waals surface area contributed by atoms with E-state index in [0.717, 1.165) is 33.4 Å². The number of ether oxygens (including phenoxy) is 1. The summed E-state index contributed by atoms with van der Waals surface area (Å²) in [5, 5.41) is 4.52. The second kappa shape index (κ2) is 12.2. The van der Waals surface area contributed by atoms with E-state index in [1.54, 1.807) is 11.0 Å². The highest BCUT2D eigenvalue weighted by molar-refractivity contribution is 6.31. The molecular weight excluding hydrogens is 614 g/mol. The summed E-state index contributed by atoms with van der Waals surface area (Å²) in [4.78, 5) is 30.5. The van der Waals surface area contributed by atoms with Crippen LogP contribution < -0.4 is 9.80 Å². The van der Waals surface area contributed by atoms with Crippen LogP contribution in [0.1, 0.15) is 54.7 Å². The molecule has 240 valence electrons. The smallest absolute Gasteiger partial charge is 0.433 e. The number of piperidine rings is 1. The fraction of sp³-hybridized carbons (Fsp3) is 0.469. The number of benzene rings is 2. The molecule has 2 aliphatic heterocycles. The number of alkyl halides is 4. The van der Waals surface area contributed by atoms with Crippen LogP contribution in [-0.2, 0) is 15.7 Å². The van der Waals surface area contributed by atoms with E-state index in [-0.39, 0.29) is 13.2 Å². The molecule has 1 unspecified atom stereocenters. The Morgan fingerprint density at radius 1 is 1.02 bits per heavy atom. The molecule has 0 bridgehead atoms. The van der Waals surface area contributed by atoms with Crippen LogP contribution in [0.2, 0.25) is 5.02 Å². The number of carbonyl (C=O) groups is 2. The van der Waals surface area contributed by atoms with Crippen molar-refractivity contribution < 1.29 is 31.9 Å². The lowest BCUT2D eigenvalue weighted by atomic mass is 9.99. The summed E-state index contributed by atoms with van der Waals surface area (Å²) in [7, 11) is 0. The van der Waals surface area contributed by atoms with Gasteiger partial charge in [0.1, 0.15) is 5.56 Å². The summed E-state index contributed by atoms with van der Waals surface area (Å²) in [5.41, 5.74) is 0.218. The van der Waals surface area contributed by atoms with Gasteiger partial charge in [-0.05, 0) is 62.4 Å². The van der Waals surface area contributed by atoms with Crippen LogP contribution in [0.3, 0.4) is 0 Å². The van der Waals surface area contributed by atoms with Gasteiger partial charge in [0.2, 0.25) is 0 Å². The van der Waals surface area contributed by atoms with Crippen LogP contribution in [0.5, 0.6) is 0 Å². The average Bonchev–Trinajstić information content (AvgIpc) is 3.61. The molecule has 0 radical (unpaired) electrons. The number of anilines is 2. The third-order valence-electron chi connectivity index (χ3n) is 8.78. The lowest BCUT2D eigenvalue weighted by Gasteiger charge is -2.37. The van der Waals surface area contributed by atoms with Gasteiger partial charge in [0.05, 0.1) is 18.8 Å². The number of halogens is 5. The maximum atomic E-state index is 14.2. The Morgan fingerprint density at radius 2 is 1.73 bits per heavy atom. The molecule has 1 amide bonds. The van der Waals surface area contributed by atoms with E-state index in [0.29, 0.717) is 63.4 Å². The minimum atomic E-state index is -4.79. The van der Waals surface area contributed by atoms with Crippen molar-refractivity contribution >= 4 is 34.9 Å². The molecule has 0 N–H and O–H groups in total. The molecule has 0 spiro atoms. The molecule has 45 heavy (non-hydrogen) atoms. The quantitative estimate of drug-likeness (QED) is 0.219. The first-order valence-corrected chi connectivity index (χ1v) is 15.6. The van der Waals surface area contributed by atoms with E-state index < -0.39 is 41.0 Å². The molecule has 1 saturated carbocycles. The third-order valence-corrected chi connectivity index (χ3v) is 9.02. The first-order chi connectivity index (χ1) is 21.5. The number of esters is 1.